The zero-order valence-electron chi connectivity index (χ0n) is 14.0. The first-order valence-corrected chi connectivity index (χ1v) is 7.66. The van der Waals surface area contributed by atoms with Gasteiger partial charge in [-0.25, -0.2) is 4.39 Å². The molecule has 0 fully saturated rings. The SMILES string of the molecule is C=CCN(CC(F)(F)F)C(=O)c1ccc(-c2ccc(OC)cc2)cc1F. The van der Waals surface area contributed by atoms with Gasteiger partial charge in [-0.3, -0.25) is 4.79 Å². The summed E-state index contributed by atoms with van der Waals surface area (Å²) in [6.45, 7) is 1.52. The molecule has 2 aromatic carbocycles. The molecule has 0 radical (unpaired) electrons. The van der Waals surface area contributed by atoms with Crippen LogP contribution in [0.3, 0.4) is 0 Å². The molecule has 26 heavy (non-hydrogen) atoms. The fraction of sp³-hybridized carbons (Fsp3) is 0.211. The molecule has 0 spiro atoms. The van der Waals surface area contributed by atoms with Crippen molar-refractivity contribution < 1.29 is 27.1 Å². The molecule has 0 aliphatic rings. The van der Waals surface area contributed by atoms with E-state index >= 15 is 0 Å². The summed E-state index contributed by atoms with van der Waals surface area (Å²) in [5, 5.41) is 0. The van der Waals surface area contributed by atoms with Gasteiger partial charge in [-0.2, -0.15) is 13.2 Å². The van der Waals surface area contributed by atoms with Gasteiger partial charge in [0.2, 0.25) is 0 Å². The number of methoxy groups -OCH3 is 1. The van der Waals surface area contributed by atoms with Crippen molar-refractivity contribution in [1.82, 2.24) is 4.90 Å². The molecular weight excluding hydrogens is 350 g/mol. The molecule has 0 atom stereocenters. The smallest absolute Gasteiger partial charge is 0.406 e. The van der Waals surface area contributed by atoms with Gasteiger partial charge < -0.3 is 9.64 Å². The number of amides is 1. The van der Waals surface area contributed by atoms with E-state index in [-0.39, 0.29) is 6.54 Å². The number of rotatable bonds is 6. The maximum absolute atomic E-state index is 14.4. The molecule has 2 rings (SSSR count). The Balaban J connectivity index is 2.29. The van der Waals surface area contributed by atoms with Gasteiger partial charge in [-0.05, 0) is 35.4 Å². The lowest BCUT2D eigenvalue weighted by Gasteiger charge is -2.23. The van der Waals surface area contributed by atoms with Crippen LogP contribution in [0.1, 0.15) is 10.4 Å². The van der Waals surface area contributed by atoms with Crippen LogP contribution in [0.2, 0.25) is 0 Å². The number of alkyl halides is 3. The zero-order chi connectivity index (χ0) is 19.3. The van der Waals surface area contributed by atoms with Crippen LogP contribution in [0.15, 0.2) is 55.1 Å². The molecule has 7 heteroatoms. The highest BCUT2D eigenvalue weighted by atomic mass is 19.4. The standard InChI is InChI=1S/C19H17F4NO2/c1-3-10-24(12-19(21,22)23)18(25)16-9-6-14(11-17(16)20)13-4-7-15(26-2)8-5-13/h3-9,11H,1,10,12H2,2H3. The summed E-state index contributed by atoms with van der Waals surface area (Å²) >= 11 is 0. The first kappa shape index (κ1) is 19.5. The fourth-order valence-electron chi connectivity index (χ4n) is 2.41. The molecule has 138 valence electrons. The van der Waals surface area contributed by atoms with Crippen molar-refractivity contribution in [3.63, 3.8) is 0 Å². The van der Waals surface area contributed by atoms with Crippen molar-refractivity contribution in [2.75, 3.05) is 20.2 Å². The van der Waals surface area contributed by atoms with E-state index in [1.54, 1.807) is 24.3 Å². The third-order valence-corrected chi connectivity index (χ3v) is 3.63. The Morgan fingerprint density at radius 1 is 1.15 bits per heavy atom. The summed E-state index contributed by atoms with van der Waals surface area (Å²) in [7, 11) is 1.52. The van der Waals surface area contributed by atoms with E-state index in [1.165, 1.54) is 19.2 Å². The Morgan fingerprint density at radius 3 is 2.27 bits per heavy atom. The van der Waals surface area contributed by atoms with Crippen LogP contribution in [-0.4, -0.2) is 37.2 Å². The predicted molar refractivity (Wildman–Crippen MR) is 90.5 cm³/mol. The first-order chi connectivity index (χ1) is 12.2. The van der Waals surface area contributed by atoms with E-state index in [0.29, 0.717) is 21.8 Å². The van der Waals surface area contributed by atoms with E-state index in [0.717, 1.165) is 12.1 Å². The van der Waals surface area contributed by atoms with Crippen LogP contribution in [0, 0.1) is 5.82 Å². The zero-order valence-corrected chi connectivity index (χ0v) is 14.0. The summed E-state index contributed by atoms with van der Waals surface area (Å²) in [6.07, 6.45) is -3.43. The molecule has 2 aromatic rings. The lowest BCUT2D eigenvalue weighted by Crippen LogP contribution is -2.39. The van der Waals surface area contributed by atoms with Gasteiger partial charge >= 0.3 is 6.18 Å². The molecule has 0 saturated heterocycles. The molecule has 0 bridgehead atoms. The number of nitrogens with zero attached hydrogens (tertiary/aromatic N) is 1. The summed E-state index contributed by atoms with van der Waals surface area (Å²) in [6, 6.07) is 10.6. The van der Waals surface area contributed by atoms with Gasteiger partial charge in [0.15, 0.2) is 0 Å². The summed E-state index contributed by atoms with van der Waals surface area (Å²) < 4.78 is 57.3. The largest absolute Gasteiger partial charge is 0.497 e. The molecule has 0 N–H and O–H groups in total. The summed E-state index contributed by atoms with van der Waals surface area (Å²) in [4.78, 5) is 12.8. The maximum Gasteiger partial charge on any atom is 0.406 e. The van der Waals surface area contributed by atoms with E-state index in [4.69, 9.17) is 4.74 Å². The van der Waals surface area contributed by atoms with Crippen LogP contribution in [0.25, 0.3) is 11.1 Å². The van der Waals surface area contributed by atoms with Gasteiger partial charge in [0, 0.05) is 6.54 Å². The van der Waals surface area contributed by atoms with Crippen molar-refractivity contribution in [3.8, 4) is 16.9 Å². The van der Waals surface area contributed by atoms with Crippen molar-refractivity contribution >= 4 is 5.91 Å². The van der Waals surface area contributed by atoms with E-state index in [9.17, 15) is 22.4 Å². The monoisotopic (exact) mass is 367 g/mol. The second kappa shape index (κ2) is 8.03. The second-order valence-corrected chi connectivity index (χ2v) is 5.51. The molecule has 3 nitrogen and oxygen atoms in total. The van der Waals surface area contributed by atoms with Gasteiger partial charge in [0.25, 0.3) is 5.91 Å². The maximum atomic E-state index is 14.4. The molecule has 0 aliphatic heterocycles. The Bertz CT molecular complexity index is 785. The lowest BCUT2D eigenvalue weighted by atomic mass is 10.0. The van der Waals surface area contributed by atoms with E-state index in [1.807, 2.05) is 0 Å². The summed E-state index contributed by atoms with van der Waals surface area (Å²) in [5.74, 6) is -1.30. The number of ether oxygens (including phenoxy) is 1. The van der Waals surface area contributed by atoms with Gasteiger partial charge in [0.05, 0.1) is 12.7 Å². The minimum absolute atomic E-state index is 0.335. The topological polar surface area (TPSA) is 29.5 Å². The number of halogens is 4. The minimum Gasteiger partial charge on any atom is -0.497 e. The molecule has 0 saturated carbocycles. The molecular formula is C19H17F4NO2. The quantitative estimate of drug-likeness (QED) is 0.548. The van der Waals surface area contributed by atoms with Crippen LogP contribution in [-0.2, 0) is 0 Å². The molecule has 0 heterocycles. The number of carbonyl (C=O) groups excluding carboxylic acids is 1. The molecule has 0 unspecified atom stereocenters. The number of hydrogen-bond acceptors (Lipinski definition) is 2. The van der Waals surface area contributed by atoms with Crippen LogP contribution in [0.5, 0.6) is 5.75 Å². The third kappa shape index (κ3) is 4.84. The molecule has 0 aromatic heterocycles. The molecule has 1 amide bonds. The lowest BCUT2D eigenvalue weighted by molar-refractivity contribution is -0.139. The first-order valence-electron chi connectivity index (χ1n) is 7.66. The Morgan fingerprint density at radius 2 is 1.77 bits per heavy atom. The second-order valence-electron chi connectivity index (χ2n) is 5.51. The average molecular weight is 367 g/mol. The highest BCUT2D eigenvalue weighted by Gasteiger charge is 2.33. The number of carbonyl (C=O) groups is 1. The summed E-state index contributed by atoms with van der Waals surface area (Å²) in [5.41, 5.74) is 0.753. The van der Waals surface area contributed by atoms with Crippen LogP contribution >= 0.6 is 0 Å². The Hall–Kier alpha value is -2.83. The van der Waals surface area contributed by atoms with E-state index < -0.39 is 30.0 Å². The van der Waals surface area contributed by atoms with Crippen LogP contribution < -0.4 is 4.74 Å². The Kier molecular flexibility index (Phi) is 6.02. The Labute approximate surface area is 148 Å². The number of benzene rings is 2. The average Bonchev–Trinajstić information content (AvgIpc) is 2.59. The predicted octanol–water partition coefficient (Wildman–Crippen LogP) is 4.69. The van der Waals surface area contributed by atoms with Crippen molar-refractivity contribution in [2.24, 2.45) is 0 Å². The van der Waals surface area contributed by atoms with Gasteiger partial charge in [0.1, 0.15) is 18.1 Å². The van der Waals surface area contributed by atoms with Gasteiger partial charge in [-0.1, -0.05) is 24.3 Å². The van der Waals surface area contributed by atoms with Crippen molar-refractivity contribution in [2.45, 2.75) is 6.18 Å². The highest BCUT2D eigenvalue weighted by Crippen LogP contribution is 2.25. The number of hydrogen-bond donors (Lipinski definition) is 0. The van der Waals surface area contributed by atoms with Crippen LogP contribution in [0.4, 0.5) is 17.6 Å². The normalized spacial score (nSPS) is 11.1. The highest BCUT2D eigenvalue weighted by molar-refractivity contribution is 5.95. The molecule has 0 aliphatic carbocycles. The van der Waals surface area contributed by atoms with Gasteiger partial charge in [-0.15, -0.1) is 6.58 Å². The van der Waals surface area contributed by atoms with E-state index in [2.05, 4.69) is 6.58 Å². The third-order valence-electron chi connectivity index (χ3n) is 3.63. The minimum atomic E-state index is -4.59. The fourth-order valence-corrected chi connectivity index (χ4v) is 2.41. The van der Waals surface area contributed by atoms with Crippen molar-refractivity contribution in [3.05, 3.63) is 66.5 Å². The van der Waals surface area contributed by atoms with Crippen molar-refractivity contribution in [1.29, 1.82) is 0 Å².